The summed E-state index contributed by atoms with van der Waals surface area (Å²) < 4.78 is 5.12. The number of hydrogen-bond acceptors (Lipinski definition) is 3. The van der Waals surface area contributed by atoms with Crippen molar-refractivity contribution in [3.63, 3.8) is 0 Å². The second kappa shape index (κ2) is 4.55. The maximum atomic E-state index is 11.8. The molecule has 1 aromatic rings. The van der Waals surface area contributed by atoms with Crippen molar-refractivity contribution in [1.29, 1.82) is 0 Å². The smallest absolute Gasteiger partial charge is 0.415 e. The zero-order valence-corrected chi connectivity index (χ0v) is 10.4. The Morgan fingerprint density at radius 2 is 2.35 bits per heavy atom. The predicted octanol–water partition coefficient (Wildman–Crippen LogP) is 2.40. The van der Waals surface area contributed by atoms with Gasteiger partial charge in [0, 0.05) is 10.7 Å². The van der Waals surface area contributed by atoms with Gasteiger partial charge in [-0.3, -0.25) is 4.90 Å². The summed E-state index contributed by atoms with van der Waals surface area (Å²) in [7, 11) is 0. The van der Waals surface area contributed by atoms with Crippen LogP contribution in [0.1, 0.15) is 13.3 Å². The van der Waals surface area contributed by atoms with E-state index in [1.807, 2.05) is 19.1 Å². The minimum atomic E-state index is -0.392. The topological polar surface area (TPSA) is 55.6 Å². The maximum Gasteiger partial charge on any atom is 0.415 e. The van der Waals surface area contributed by atoms with Gasteiger partial charge in [0.25, 0.3) is 0 Å². The summed E-state index contributed by atoms with van der Waals surface area (Å²) >= 11 is 5.94. The molecule has 4 nitrogen and oxygen atoms in total. The van der Waals surface area contributed by atoms with Crippen molar-refractivity contribution in [2.45, 2.75) is 18.9 Å². The lowest BCUT2D eigenvalue weighted by molar-refractivity contribution is 0.173. The van der Waals surface area contributed by atoms with E-state index in [4.69, 9.17) is 22.1 Å². The molecule has 1 aliphatic rings. The first-order chi connectivity index (χ1) is 8.07. The Balaban J connectivity index is 2.37. The Morgan fingerprint density at radius 1 is 1.59 bits per heavy atom. The second-order valence-corrected chi connectivity index (χ2v) is 4.84. The summed E-state index contributed by atoms with van der Waals surface area (Å²) in [6.45, 7) is 2.82. The van der Waals surface area contributed by atoms with E-state index in [2.05, 4.69) is 0 Å². The van der Waals surface area contributed by atoms with Crippen LogP contribution in [0.4, 0.5) is 10.5 Å². The lowest BCUT2D eigenvalue weighted by Crippen LogP contribution is -2.46. The summed E-state index contributed by atoms with van der Waals surface area (Å²) in [5, 5.41) is 0.595. The molecule has 1 aliphatic heterocycles. The van der Waals surface area contributed by atoms with Crippen molar-refractivity contribution in [2.75, 3.05) is 18.1 Å². The Hall–Kier alpha value is -1.26. The lowest BCUT2D eigenvalue weighted by atomic mass is 9.97. The molecule has 17 heavy (non-hydrogen) atoms. The van der Waals surface area contributed by atoms with Gasteiger partial charge in [0.15, 0.2) is 0 Å². The van der Waals surface area contributed by atoms with Crippen molar-refractivity contribution < 1.29 is 9.53 Å². The van der Waals surface area contributed by atoms with Gasteiger partial charge < -0.3 is 10.5 Å². The van der Waals surface area contributed by atoms with Gasteiger partial charge in [-0.2, -0.15) is 0 Å². The third-order valence-electron chi connectivity index (χ3n) is 2.98. The molecule has 0 bridgehead atoms. The fourth-order valence-corrected chi connectivity index (χ4v) is 2.28. The minimum Gasteiger partial charge on any atom is -0.447 e. The van der Waals surface area contributed by atoms with E-state index in [0.29, 0.717) is 24.6 Å². The van der Waals surface area contributed by atoms with Gasteiger partial charge in [0.1, 0.15) is 6.61 Å². The predicted molar refractivity (Wildman–Crippen MR) is 67.4 cm³/mol. The van der Waals surface area contributed by atoms with Gasteiger partial charge in [-0.1, -0.05) is 17.7 Å². The van der Waals surface area contributed by atoms with Crippen molar-refractivity contribution in [1.82, 2.24) is 0 Å². The lowest BCUT2D eigenvalue weighted by Gasteiger charge is -2.31. The van der Waals surface area contributed by atoms with Crippen molar-refractivity contribution in [2.24, 2.45) is 5.73 Å². The zero-order valence-electron chi connectivity index (χ0n) is 9.65. The van der Waals surface area contributed by atoms with Gasteiger partial charge in [0.2, 0.25) is 0 Å². The Bertz CT molecular complexity index is 438. The Kier molecular flexibility index (Phi) is 3.26. The monoisotopic (exact) mass is 254 g/mol. The van der Waals surface area contributed by atoms with Crippen LogP contribution in [0.5, 0.6) is 0 Å². The SMILES string of the molecule is CC1(CCN)COC(=O)N1c1cccc(Cl)c1. The highest BCUT2D eigenvalue weighted by atomic mass is 35.5. The number of carbonyl (C=O) groups is 1. The van der Waals surface area contributed by atoms with E-state index in [1.54, 1.807) is 17.0 Å². The fourth-order valence-electron chi connectivity index (χ4n) is 2.09. The molecule has 0 radical (unpaired) electrons. The summed E-state index contributed by atoms with van der Waals surface area (Å²) in [5.74, 6) is 0. The summed E-state index contributed by atoms with van der Waals surface area (Å²) in [6, 6.07) is 7.18. The number of ether oxygens (including phenoxy) is 1. The number of cyclic esters (lactones) is 1. The van der Waals surface area contributed by atoms with E-state index in [0.717, 1.165) is 5.69 Å². The van der Waals surface area contributed by atoms with Gasteiger partial charge in [-0.15, -0.1) is 0 Å². The fraction of sp³-hybridized carbons (Fsp3) is 0.417. The number of rotatable bonds is 3. The molecule has 0 spiro atoms. The van der Waals surface area contributed by atoms with Crippen LogP contribution in [0.2, 0.25) is 5.02 Å². The van der Waals surface area contributed by atoms with Gasteiger partial charge in [-0.25, -0.2) is 4.79 Å². The van der Waals surface area contributed by atoms with E-state index < -0.39 is 5.54 Å². The first kappa shape index (κ1) is 12.2. The van der Waals surface area contributed by atoms with E-state index >= 15 is 0 Å². The molecule has 1 atom stereocenters. The van der Waals surface area contributed by atoms with Crippen LogP contribution in [-0.2, 0) is 4.74 Å². The number of amides is 1. The molecule has 1 saturated heterocycles. The Morgan fingerprint density at radius 3 is 3.00 bits per heavy atom. The van der Waals surface area contributed by atoms with Crippen LogP contribution in [0.25, 0.3) is 0 Å². The van der Waals surface area contributed by atoms with Crippen LogP contribution in [0.3, 0.4) is 0 Å². The number of anilines is 1. The van der Waals surface area contributed by atoms with E-state index in [9.17, 15) is 4.79 Å². The highest BCUT2D eigenvalue weighted by molar-refractivity contribution is 6.30. The first-order valence-corrected chi connectivity index (χ1v) is 5.87. The largest absolute Gasteiger partial charge is 0.447 e. The molecule has 92 valence electrons. The average Bonchev–Trinajstić information content (AvgIpc) is 2.55. The molecule has 1 fully saturated rings. The number of nitrogens with zero attached hydrogens (tertiary/aromatic N) is 1. The molecule has 2 N–H and O–H groups in total. The molecule has 2 rings (SSSR count). The third-order valence-corrected chi connectivity index (χ3v) is 3.21. The van der Waals surface area contributed by atoms with E-state index in [1.165, 1.54) is 0 Å². The van der Waals surface area contributed by atoms with Crippen LogP contribution in [-0.4, -0.2) is 24.8 Å². The standard InChI is InChI=1S/C12H15ClN2O2/c1-12(5-6-14)8-17-11(16)15(12)10-4-2-3-9(13)7-10/h2-4,7H,5-6,8,14H2,1H3. The van der Waals surface area contributed by atoms with Crippen LogP contribution in [0.15, 0.2) is 24.3 Å². The van der Waals surface area contributed by atoms with Crippen molar-refractivity contribution >= 4 is 23.4 Å². The zero-order chi connectivity index (χ0) is 12.5. The molecule has 1 heterocycles. The van der Waals surface area contributed by atoms with Gasteiger partial charge in [-0.05, 0) is 38.1 Å². The maximum absolute atomic E-state index is 11.8. The summed E-state index contributed by atoms with van der Waals surface area (Å²) in [6.07, 6.45) is 0.342. The molecule has 1 amide bonds. The van der Waals surface area contributed by atoms with Gasteiger partial charge >= 0.3 is 6.09 Å². The number of carbonyl (C=O) groups excluding carboxylic acids is 1. The van der Waals surface area contributed by atoms with Crippen molar-refractivity contribution in [3.05, 3.63) is 29.3 Å². The molecule has 0 aliphatic carbocycles. The van der Waals surface area contributed by atoms with Crippen LogP contribution in [0, 0.1) is 0 Å². The normalized spacial score (nSPS) is 23.9. The highest BCUT2D eigenvalue weighted by Gasteiger charge is 2.44. The average molecular weight is 255 g/mol. The minimum absolute atomic E-state index is 0.344. The molecule has 1 aromatic carbocycles. The molecular weight excluding hydrogens is 240 g/mol. The summed E-state index contributed by atoms with van der Waals surface area (Å²) in [5.41, 5.74) is 5.94. The second-order valence-electron chi connectivity index (χ2n) is 4.41. The molecule has 5 heteroatoms. The highest BCUT2D eigenvalue weighted by Crippen LogP contribution is 2.33. The third kappa shape index (κ3) is 2.23. The molecule has 0 saturated carbocycles. The van der Waals surface area contributed by atoms with Crippen molar-refractivity contribution in [3.8, 4) is 0 Å². The van der Waals surface area contributed by atoms with Crippen LogP contribution >= 0.6 is 11.6 Å². The molecule has 0 aromatic heterocycles. The Labute approximate surface area is 105 Å². The molecule has 1 unspecified atom stereocenters. The van der Waals surface area contributed by atoms with Crippen LogP contribution < -0.4 is 10.6 Å². The molecular formula is C12H15ClN2O2. The van der Waals surface area contributed by atoms with E-state index in [-0.39, 0.29) is 6.09 Å². The number of hydrogen-bond donors (Lipinski definition) is 1. The number of benzene rings is 1. The number of nitrogens with two attached hydrogens (primary N) is 1. The van der Waals surface area contributed by atoms with Gasteiger partial charge in [0.05, 0.1) is 5.54 Å². The summed E-state index contributed by atoms with van der Waals surface area (Å²) in [4.78, 5) is 13.4. The quantitative estimate of drug-likeness (QED) is 0.901. The first-order valence-electron chi connectivity index (χ1n) is 5.49. The number of halogens is 1.